The van der Waals surface area contributed by atoms with Crippen LogP contribution in [0.4, 0.5) is 0 Å². The lowest BCUT2D eigenvalue weighted by Gasteiger charge is -2.22. The smallest absolute Gasteiger partial charge is 0.0731 e. The van der Waals surface area contributed by atoms with Crippen LogP contribution in [-0.4, -0.2) is 4.98 Å². The van der Waals surface area contributed by atoms with Gasteiger partial charge in [0.25, 0.3) is 0 Å². The molecule has 0 atom stereocenters. The molecule has 0 bridgehead atoms. The second-order valence-corrected chi connectivity index (χ2v) is 5.63. The molecule has 1 heteroatoms. The van der Waals surface area contributed by atoms with Gasteiger partial charge in [0.2, 0.25) is 0 Å². The standard InChI is InChI=1S/C18H21N/c1-14-6-5-13-19-18(14)17-11-9-16(10-12-17)15-7-3-2-4-8-15/h5-6,9-13,15H,2-4,7-8H2,1H3. The third-order valence-electron chi connectivity index (χ3n) is 4.27. The van der Waals surface area contributed by atoms with Crippen LogP contribution in [0.2, 0.25) is 0 Å². The number of hydrogen-bond acceptors (Lipinski definition) is 1. The highest BCUT2D eigenvalue weighted by Gasteiger charge is 2.15. The Morgan fingerprint density at radius 1 is 0.947 bits per heavy atom. The summed E-state index contributed by atoms with van der Waals surface area (Å²) in [5, 5.41) is 0. The van der Waals surface area contributed by atoms with Gasteiger partial charge in [0.15, 0.2) is 0 Å². The van der Waals surface area contributed by atoms with Crippen molar-refractivity contribution < 1.29 is 0 Å². The predicted octanol–water partition coefficient (Wildman–Crippen LogP) is 5.10. The summed E-state index contributed by atoms with van der Waals surface area (Å²) in [6.07, 6.45) is 8.81. The monoisotopic (exact) mass is 251 g/mol. The summed E-state index contributed by atoms with van der Waals surface area (Å²) in [5.74, 6) is 0.785. The van der Waals surface area contributed by atoms with Gasteiger partial charge in [-0.3, -0.25) is 4.98 Å². The van der Waals surface area contributed by atoms with Gasteiger partial charge in [0.1, 0.15) is 0 Å². The highest BCUT2D eigenvalue weighted by atomic mass is 14.7. The fraction of sp³-hybridized carbons (Fsp3) is 0.389. The van der Waals surface area contributed by atoms with Crippen LogP contribution in [0.25, 0.3) is 11.3 Å². The summed E-state index contributed by atoms with van der Waals surface area (Å²) in [6, 6.07) is 13.2. The number of benzene rings is 1. The maximum atomic E-state index is 4.49. The molecule has 0 unspecified atom stereocenters. The Kier molecular flexibility index (Phi) is 3.63. The first-order chi connectivity index (χ1) is 9.34. The van der Waals surface area contributed by atoms with E-state index in [0.29, 0.717) is 0 Å². The Hall–Kier alpha value is -1.63. The lowest BCUT2D eigenvalue weighted by atomic mass is 9.84. The molecule has 1 fully saturated rings. The number of hydrogen-bond donors (Lipinski definition) is 0. The lowest BCUT2D eigenvalue weighted by molar-refractivity contribution is 0.443. The first kappa shape index (κ1) is 12.4. The summed E-state index contributed by atoms with van der Waals surface area (Å²) in [4.78, 5) is 4.49. The number of rotatable bonds is 2. The van der Waals surface area contributed by atoms with Crippen molar-refractivity contribution in [3.8, 4) is 11.3 Å². The van der Waals surface area contributed by atoms with Crippen LogP contribution in [0.15, 0.2) is 42.6 Å². The van der Waals surface area contributed by atoms with Crippen molar-refractivity contribution >= 4 is 0 Å². The van der Waals surface area contributed by atoms with Crippen molar-refractivity contribution in [2.45, 2.75) is 44.9 Å². The fourth-order valence-electron chi connectivity index (χ4n) is 3.14. The molecule has 0 aliphatic heterocycles. The molecule has 0 radical (unpaired) electrons. The van der Waals surface area contributed by atoms with E-state index in [4.69, 9.17) is 0 Å². The highest BCUT2D eigenvalue weighted by molar-refractivity contribution is 5.62. The normalized spacial score (nSPS) is 16.5. The largest absolute Gasteiger partial charge is 0.256 e. The molecule has 2 aromatic rings. The summed E-state index contributed by atoms with van der Waals surface area (Å²) in [6.45, 7) is 2.12. The number of aromatic nitrogens is 1. The topological polar surface area (TPSA) is 12.9 Å². The van der Waals surface area contributed by atoms with E-state index >= 15 is 0 Å². The number of nitrogens with zero attached hydrogens (tertiary/aromatic N) is 1. The van der Waals surface area contributed by atoms with E-state index in [-0.39, 0.29) is 0 Å². The van der Waals surface area contributed by atoms with Crippen molar-refractivity contribution in [3.63, 3.8) is 0 Å². The van der Waals surface area contributed by atoms with Gasteiger partial charge in [-0.25, -0.2) is 0 Å². The Balaban J connectivity index is 1.84. The molecule has 1 aromatic heterocycles. The minimum absolute atomic E-state index is 0.785. The van der Waals surface area contributed by atoms with Crippen LogP contribution in [-0.2, 0) is 0 Å². The second-order valence-electron chi connectivity index (χ2n) is 5.63. The molecular formula is C18H21N. The predicted molar refractivity (Wildman–Crippen MR) is 80.2 cm³/mol. The molecule has 1 saturated carbocycles. The Morgan fingerprint density at radius 3 is 2.37 bits per heavy atom. The van der Waals surface area contributed by atoms with Gasteiger partial charge in [-0.2, -0.15) is 0 Å². The van der Waals surface area contributed by atoms with Crippen molar-refractivity contribution in [1.82, 2.24) is 4.98 Å². The van der Waals surface area contributed by atoms with Crippen LogP contribution in [0.5, 0.6) is 0 Å². The summed E-state index contributed by atoms with van der Waals surface area (Å²) >= 11 is 0. The minimum Gasteiger partial charge on any atom is -0.256 e. The SMILES string of the molecule is Cc1cccnc1-c1ccc(C2CCCCC2)cc1. The zero-order valence-corrected chi connectivity index (χ0v) is 11.6. The molecule has 1 aromatic carbocycles. The Labute approximate surface area is 115 Å². The van der Waals surface area contributed by atoms with Crippen molar-refractivity contribution in [2.75, 3.05) is 0 Å². The average Bonchev–Trinajstić information content (AvgIpc) is 2.49. The third kappa shape index (κ3) is 2.70. The lowest BCUT2D eigenvalue weighted by Crippen LogP contribution is -2.04. The molecule has 1 aliphatic rings. The van der Waals surface area contributed by atoms with Crippen LogP contribution in [0, 0.1) is 6.92 Å². The number of pyridine rings is 1. The van der Waals surface area contributed by atoms with E-state index in [2.05, 4.69) is 42.2 Å². The number of aryl methyl sites for hydroxylation is 1. The van der Waals surface area contributed by atoms with E-state index in [1.165, 1.54) is 48.8 Å². The van der Waals surface area contributed by atoms with E-state index in [1.807, 2.05) is 12.3 Å². The van der Waals surface area contributed by atoms with Gasteiger partial charge in [-0.1, -0.05) is 49.6 Å². The van der Waals surface area contributed by atoms with Gasteiger partial charge in [0.05, 0.1) is 5.69 Å². The summed E-state index contributed by atoms with van der Waals surface area (Å²) in [7, 11) is 0. The molecule has 19 heavy (non-hydrogen) atoms. The molecule has 1 aliphatic carbocycles. The van der Waals surface area contributed by atoms with E-state index < -0.39 is 0 Å². The first-order valence-electron chi connectivity index (χ1n) is 7.36. The first-order valence-corrected chi connectivity index (χ1v) is 7.36. The van der Waals surface area contributed by atoms with Crippen LogP contribution in [0.1, 0.15) is 49.1 Å². The molecule has 0 spiro atoms. The van der Waals surface area contributed by atoms with Crippen molar-refractivity contribution in [3.05, 3.63) is 53.7 Å². The van der Waals surface area contributed by atoms with E-state index in [0.717, 1.165) is 11.6 Å². The highest BCUT2D eigenvalue weighted by Crippen LogP contribution is 2.33. The van der Waals surface area contributed by atoms with E-state index in [1.54, 1.807) is 0 Å². The Bertz CT molecular complexity index is 536. The van der Waals surface area contributed by atoms with Crippen LogP contribution in [0.3, 0.4) is 0 Å². The zero-order valence-electron chi connectivity index (χ0n) is 11.6. The maximum absolute atomic E-state index is 4.49. The molecular weight excluding hydrogens is 230 g/mol. The minimum atomic E-state index is 0.785. The molecule has 98 valence electrons. The maximum Gasteiger partial charge on any atom is 0.0731 e. The van der Waals surface area contributed by atoms with Crippen molar-refractivity contribution in [2.24, 2.45) is 0 Å². The van der Waals surface area contributed by atoms with Gasteiger partial charge in [0, 0.05) is 11.8 Å². The molecule has 3 rings (SSSR count). The van der Waals surface area contributed by atoms with Crippen molar-refractivity contribution in [1.29, 1.82) is 0 Å². The second kappa shape index (κ2) is 5.56. The molecule has 0 N–H and O–H groups in total. The average molecular weight is 251 g/mol. The quantitative estimate of drug-likeness (QED) is 0.723. The zero-order chi connectivity index (χ0) is 13.1. The van der Waals surface area contributed by atoms with Crippen LogP contribution >= 0.6 is 0 Å². The molecule has 0 amide bonds. The van der Waals surface area contributed by atoms with Crippen LogP contribution < -0.4 is 0 Å². The van der Waals surface area contributed by atoms with Gasteiger partial charge in [-0.15, -0.1) is 0 Å². The summed E-state index contributed by atoms with van der Waals surface area (Å²) < 4.78 is 0. The van der Waals surface area contributed by atoms with Gasteiger partial charge < -0.3 is 0 Å². The van der Waals surface area contributed by atoms with Gasteiger partial charge >= 0.3 is 0 Å². The fourth-order valence-corrected chi connectivity index (χ4v) is 3.14. The van der Waals surface area contributed by atoms with E-state index in [9.17, 15) is 0 Å². The summed E-state index contributed by atoms with van der Waals surface area (Å²) in [5.41, 5.74) is 5.10. The molecule has 0 saturated heterocycles. The Morgan fingerprint density at radius 2 is 1.68 bits per heavy atom. The molecule has 1 heterocycles. The third-order valence-corrected chi connectivity index (χ3v) is 4.27. The molecule has 1 nitrogen and oxygen atoms in total. The van der Waals surface area contributed by atoms with Gasteiger partial charge in [-0.05, 0) is 42.9 Å².